The molecule has 150 valence electrons. The molecule has 0 aliphatic heterocycles. The van der Waals surface area contributed by atoms with Crippen LogP contribution < -0.4 is 20.3 Å². The fraction of sp³-hybridized carbons (Fsp3) is 0.190. The molecule has 1 aromatic heterocycles. The first-order valence-electron chi connectivity index (χ1n) is 8.91. The van der Waals surface area contributed by atoms with Crippen LogP contribution in [-0.2, 0) is 0 Å². The van der Waals surface area contributed by atoms with Gasteiger partial charge in [-0.15, -0.1) is 0 Å². The predicted molar refractivity (Wildman–Crippen MR) is 111 cm³/mol. The molecule has 2 aromatic carbocycles. The van der Waals surface area contributed by atoms with Gasteiger partial charge in [-0.25, -0.2) is 0 Å². The van der Waals surface area contributed by atoms with Crippen LogP contribution >= 0.6 is 11.6 Å². The average molecular weight is 414 g/mol. The maximum atomic E-state index is 12.5. The fourth-order valence-electron chi connectivity index (χ4n) is 2.81. The zero-order chi connectivity index (χ0) is 21.0. The highest BCUT2D eigenvalue weighted by molar-refractivity contribution is 6.31. The van der Waals surface area contributed by atoms with Gasteiger partial charge < -0.3 is 9.47 Å². The molecule has 0 bridgehead atoms. The van der Waals surface area contributed by atoms with Crippen molar-refractivity contribution in [1.29, 1.82) is 0 Å². The van der Waals surface area contributed by atoms with Crippen LogP contribution in [0.3, 0.4) is 0 Å². The Kier molecular flexibility index (Phi) is 6.19. The maximum absolute atomic E-state index is 12.5. The molecule has 0 spiro atoms. The van der Waals surface area contributed by atoms with E-state index in [-0.39, 0.29) is 0 Å². The summed E-state index contributed by atoms with van der Waals surface area (Å²) in [6.45, 7) is 4.05. The average Bonchev–Trinajstić information content (AvgIpc) is 2.72. The van der Waals surface area contributed by atoms with Gasteiger partial charge in [-0.3, -0.25) is 25.4 Å². The van der Waals surface area contributed by atoms with Crippen LogP contribution in [0.15, 0.2) is 42.5 Å². The number of hydrogen-bond donors (Lipinski definition) is 2. The summed E-state index contributed by atoms with van der Waals surface area (Å²) in [6.07, 6.45) is 0. The van der Waals surface area contributed by atoms with Gasteiger partial charge in [0, 0.05) is 16.0 Å². The first-order valence-corrected chi connectivity index (χ1v) is 9.29. The summed E-state index contributed by atoms with van der Waals surface area (Å²) in [6, 6.07) is 11.7. The number of halogens is 1. The lowest BCUT2D eigenvalue weighted by Crippen LogP contribution is -2.42. The van der Waals surface area contributed by atoms with Gasteiger partial charge in [0.25, 0.3) is 11.8 Å². The van der Waals surface area contributed by atoms with Crippen molar-refractivity contribution in [3.05, 3.63) is 64.3 Å². The molecule has 2 amide bonds. The summed E-state index contributed by atoms with van der Waals surface area (Å²) in [5.74, 6) is -0.0124. The van der Waals surface area contributed by atoms with Gasteiger partial charge in [0.2, 0.25) is 0 Å². The number of aromatic nitrogens is 1. The number of carbonyl (C=O) groups excluding carboxylic acids is 2. The predicted octanol–water partition coefficient (Wildman–Crippen LogP) is 3.68. The van der Waals surface area contributed by atoms with Gasteiger partial charge in [-0.2, -0.15) is 0 Å². The van der Waals surface area contributed by atoms with Crippen LogP contribution in [0.25, 0.3) is 10.9 Å². The van der Waals surface area contributed by atoms with Crippen molar-refractivity contribution in [2.45, 2.75) is 13.8 Å². The van der Waals surface area contributed by atoms with E-state index in [2.05, 4.69) is 15.8 Å². The van der Waals surface area contributed by atoms with E-state index in [1.807, 2.05) is 6.92 Å². The van der Waals surface area contributed by atoms with E-state index in [4.69, 9.17) is 21.1 Å². The number of nitrogens with zero attached hydrogens (tertiary/aromatic N) is 1. The van der Waals surface area contributed by atoms with E-state index in [1.54, 1.807) is 43.3 Å². The minimum Gasteiger partial charge on any atom is -0.493 e. The molecule has 7 nitrogen and oxygen atoms in total. The van der Waals surface area contributed by atoms with E-state index in [0.29, 0.717) is 39.9 Å². The molecule has 0 radical (unpaired) electrons. The van der Waals surface area contributed by atoms with Gasteiger partial charge in [0.05, 0.1) is 30.5 Å². The van der Waals surface area contributed by atoms with Crippen molar-refractivity contribution >= 4 is 34.3 Å². The Morgan fingerprint density at radius 2 is 1.79 bits per heavy atom. The zero-order valence-electron chi connectivity index (χ0n) is 16.2. The number of fused-ring (bicyclic) bond motifs is 1. The first-order chi connectivity index (χ1) is 13.9. The van der Waals surface area contributed by atoms with E-state index < -0.39 is 11.8 Å². The normalized spacial score (nSPS) is 10.5. The lowest BCUT2D eigenvalue weighted by atomic mass is 10.1. The molecule has 2 N–H and O–H groups in total. The molecule has 0 aliphatic carbocycles. The number of nitrogens with one attached hydrogen (secondary N) is 2. The number of hydrogen-bond acceptors (Lipinski definition) is 5. The SMILES string of the molecule is CCOc1ccc(C(=O)NNC(=O)c2cc3cc(Cl)ccc3nc2C)cc1OC. The molecule has 3 rings (SSSR count). The van der Waals surface area contributed by atoms with Crippen LogP contribution in [0, 0.1) is 6.92 Å². The summed E-state index contributed by atoms with van der Waals surface area (Å²) in [4.78, 5) is 29.4. The van der Waals surface area contributed by atoms with Crippen LogP contribution in [0.1, 0.15) is 33.3 Å². The fourth-order valence-corrected chi connectivity index (χ4v) is 2.99. The van der Waals surface area contributed by atoms with E-state index in [1.165, 1.54) is 13.2 Å². The number of hydrazine groups is 1. The third-order valence-corrected chi connectivity index (χ3v) is 4.46. The third-order valence-electron chi connectivity index (χ3n) is 4.23. The van der Waals surface area contributed by atoms with Crippen molar-refractivity contribution in [3.63, 3.8) is 0 Å². The Morgan fingerprint density at radius 3 is 2.52 bits per heavy atom. The van der Waals surface area contributed by atoms with Gasteiger partial charge in [-0.05, 0) is 56.3 Å². The topological polar surface area (TPSA) is 89.6 Å². The lowest BCUT2D eigenvalue weighted by Gasteiger charge is -2.12. The molecule has 8 heteroatoms. The Bertz CT molecular complexity index is 1080. The largest absolute Gasteiger partial charge is 0.493 e. The smallest absolute Gasteiger partial charge is 0.271 e. The number of carbonyl (C=O) groups is 2. The highest BCUT2D eigenvalue weighted by Crippen LogP contribution is 2.28. The monoisotopic (exact) mass is 413 g/mol. The standard InChI is InChI=1S/C21H20ClN3O4/c1-4-29-18-8-5-13(11-19(18)28-3)20(26)24-25-21(27)16-10-14-9-15(22)6-7-17(14)23-12(16)2/h5-11H,4H2,1-3H3,(H,24,26)(H,25,27). The highest BCUT2D eigenvalue weighted by atomic mass is 35.5. The number of rotatable bonds is 5. The Labute approximate surface area is 173 Å². The molecule has 0 aliphatic rings. The number of benzene rings is 2. The Hall–Kier alpha value is -3.32. The summed E-state index contributed by atoms with van der Waals surface area (Å²) in [5.41, 5.74) is 6.72. The number of aryl methyl sites for hydroxylation is 1. The summed E-state index contributed by atoms with van der Waals surface area (Å²) >= 11 is 6.01. The van der Waals surface area contributed by atoms with Gasteiger partial charge in [0.15, 0.2) is 11.5 Å². The van der Waals surface area contributed by atoms with Crippen molar-refractivity contribution in [2.75, 3.05) is 13.7 Å². The van der Waals surface area contributed by atoms with Crippen molar-refractivity contribution < 1.29 is 19.1 Å². The maximum Gasteiger partial charge on any atom is 0.271 e. The van der Waals surface area contributed by atoms with Gasteiger partial charge >= 0.3 is 0 Å². The Balaban J connectivity index is 1.74. The van der Waals surface area contributed by atoms with Crippen LogP contribution in [-0.4, -0.2) is 30.5 Å². The molecule has 0 saturated carbocycles. The minimum absolute atomic E-state index is 0.311. The minimum atomic E-state index is -0.492. The van der Waals surface area contributed by atoms with Crippen molar-refractivity contribution in [3.8, 4) is 11.5 Å². The van der Waals surface area contributed by atoms with Crippen LogP contribution in [0.2, 0.25) is 5.02 Å². The molecule has 0 fully saturated rings. The molecule has 0 atom stereocenters. The number of amides is 2. The van der Waals surface area contributed by atoms with Crippen LogP contribution in [0.5, 0.6) is 11.5 Å². The zero-order valence-corrected chi connectivity index (χ0v) is 17.0. The molecule has 1 heterocycles. The second-order valence-corrected chi connectivity index (χ2v) is 6.60. The van der Waals surface area contributed by atoms with E-state index >= 15 is 0 Å². The summed E-state index contributed by atoms with van der Waals surface area (Å²) < 4.78 is 10.7. The molecule has 0 unspecified atom stereocenters. The number of pyridine rings is 1. The molecular formula is C21H20ClN3O4. The Morgan fingerprint density at radius 1 is 1.03 bits per heavy atom. The summed E-state index contributed by atoms with van der Waals surface area (Å²) in [5, 5.41) is 1.28. The second-order valence-electron chi connectivity index (χ2n) is 6.17. The van der Waals surface area contributed by atoms with Gasteiger partial charge in [0.1, 0.15) is 0 Å². The lowest BCUT2D eigenvalue weighted by molar-refractivity contribution is 0.0846. The van der Waals surface area contributed by atoms with E-state index in [9.17, 15) is 9.59 Å². The van der Waals surface area contributed by atoms with Crippen LogP contribution in [0.4, 0.5) is 0 Å². The number of methoxy groups -OCH3 is 1. The van der Waals surface area contributed by atoms with Crippen molar-refractivity contribution in [1.82, 2.24) is 15.8 Å². The molecule has 3 aromatic rings. The molecule has 29 heavy (non-hydrogen) atoms. The number of ether oxygens (including phenoxy) is 2. The molecule has 0 saturated heterocycles. The van der Waals surface area contributed by atoms with E-state index in [0.717, 1.165) is 10.9 Å². The highest BCUT2D eigenvalue weighted by Gasteiger charge is 2.15. The second kappa shape index (κ2) is 8.79. The third kappa shape index (κ3) is 4.57. The molecular weight excluding hydrogens is 394 g/mol. The first kappa shape index (κ1) is 20.4. The summed E-state index contributed by atoms with van der Waals surface area (Å²) in [7, 11) is 1.49. The van der Waals surface area contributed by atoms with Gasteiger partial charge in [-0.1, -0.05) is 11.6 Å². The quantitative estimate of drug-likeness (QED) is 0.623. The van der Waals surface area contributed by atoms with Crippen molar-refractivity contribution in [2.24, 2.45) is 0 Å².